The maximum atomic E-state index is 12.6. The van der Waals surface area contributed by atoms with E-state index in [1.165, 1.54) is 6.92 Å². The Bertz CT molecular complexity index is 780. The van der Waals surface area contributed by atoms with Gasteiger partial charge in [0.1, 0.15) is 5.75 Å². The summed E-state index contributed by atoms with van der Waals surface area (Å²) in [7, 11) is 1.58. The highest BCUT2D eigenvalue weighted by molar-refractivity contribution is 5.95. The Hall–Kier alpha value is -2.82. The highest BCUT2D eigenvalue weighted by Gasteiger charge is 2.15. The minimum absolute atomic E-state index is 0.0975. The summed E-state index contributed by atoms with van der Waals surface area (Å²) in [5.41, 5.74) is 3.87. The molecule has 2 amide bonds. The number of hydrogen-bond donors (Lipinski definition) is 1. The molecule has 144 valence electrons. The van der Waals surface area contributed by atoms with Gasteiger partial charge in [0.2, 0.25) is 11.8 Å². The Labute approximate surface area is 161 Å². The SMILES string of the molecule is CCc1cccc(CC)c1NC(=O)CCN(C(C)=O)c1cccc(OC)c1. The zero-order valence-electron chi connectivity index (χ0n) is 16.5. The van der Waals surface area contributed by atoms with Crippen LogP contribution in [0.2, 0.25) is 0 Å². The lowest BCUT2D eigenvalue weighted by Gasteiger charge is -2.22. The van der Waals surface area contributed by atoms with E-state index in [0.29, 0.717) is 12.3 Å². The van der Waals surface area contributed by atoms with Gasteiger partial charge in [0.05, 0.1) is 7.11 Å². The van der Waals surface area contributed by atoms with Crippen LogP contribution in [0.5, 0.6) is 5.75 Å². The molecule has 0 aliphatic rings. The number of ether oxygens (including phenoxy) is 1. The number of amides is 2. The number of hydrogen-bond acceptors (Lipinski definition) is 3. The number of carbonyl (C=O) groups excluding carboxylic acids is 2. The average molecular weight is 368 g/mol. The van der Waals surface area contributed by atoms with Crippen molar-refractivity contribution in [3.05, 3.63) is 53.6 Å². The van der Waals surface area contributed by atoms with Crippen LogP contribution in [-0.4, -0.2) is 25.5 Å². The zero-order valence-corrected chi connectivity index (χ0v) is 16.5. The molecular formula is C22H28N2O3. The van der Waals surface area contributed by atoms with E-state index in [9.17, 15) is 9.59 Å². The van der Waals surface area contributed by atoms with E-state index in [1.54, 1.807) is 18.1 Å². The van der Waals surface area contributed by atoms with Gasteiger partial charge >= 0.3 is 0 Å². The zero-order chi connectivity index (χ0) is 19.8. The third-order valence-corrected chi connectivity index (χ3v) is 4.57. The molecule has 0 aliphatic carbocycles. The van der Waals surface area contributed by atoms with Crippen molar-refractivity contribution in [2.45, 2.75) is 40.0 Å². The Balaban J connectivity index is 2.10. The monoisotopic (exact) mass is 368 g/mol. The summed E-state index contributed by atoms with van der Waals surface area (Å²) in [5.74, 6) is 0.465. The van der Waals surface area contributed by atoms with Crippen LogP contribution in [0.15, 0.2) is 42.5 Å². The number of anilines is 2. The predicted octanol–water partition coefficient (Wildman–Crippen LogP) is 4.20. The smallest absolute Gasteiger partial charge is 0.226 e. The molecule has 5 heteroatoms. The molecule has 0 unspecified atom stereocenters. The first-order valence-corrected chi connectivity index (χ1v) is 9.32. The van der Waals surface area contributed by atoms with Gasteiger partial charge in [0.25, 0.3) is 0 Å². The first-order valence-electron chi connectivity index (χ1n) is 9.32. The van der Waals surface area contributed by atoms with Crippen LogP contribution in [0.25, 0.3) is 0 Å². The van der Waals surface area contributed by atoms with E-state index < -0.39 is 0 Å². The number of nitrogens with one attached hydrogen (secondary N) is 1. The molecule has 0 fully saturated rings. The van der Waals surface area contributed by atoms with Crippen molar-refractivity contribution in [3.63, 3.8) is 0 Å². The molecule has 0 aromatic heterocycles. The lowest BCUT2D eigenvalue weighted by molar-refractivity contribution is -0.117. The summed E-state index contributed by atoms with van der Waals surface area (Å²) < 4.78 is 5.22. The van der Waals surface area contributed by atoms with E-state index >= 15 is 0 Å². The number of nitrogens with zero attached hydrogens (tertiary/aromatic N) is 1. The van der Waals surface area contributed by atoms with Gasteiger partial charge in [-0.2, -0.15) is 0 Å². The molecule has 0 saturated carbocycles. The van der Waals surface area contributed by atoms with Crippen LogP contribution < -0.4 is 15.0 Å². The summed E-state index contributed by atoms with van der Waals surface area (Å²) >= 11 is 0. The Morgan fingerprint density at radius 2 is 1.67 bits per heavy atom. The first-order chi connectivity index (χ1) is 13.0. The van der Waals surface area contributed by atoms with Crippen LogP contribution in [0, 0.1) is 0 Å². The third-order valence-electron chi connectivity index (χ3n) is 4.57. The minimum Gasteiger partial charge on any atom is -0.497 e. The van der Waals surface area contributed by atoms with Crippen LogP contribution in [0.3, 0.4) is 0 Å². The molecule has 5 nitrogen and oxygen atoms in total. The van der Waals surface area contributed by atoms with E-state index in [-0.39, 0.29) is 18.2 Å². The van der Waals surface area contributed by atoms with Crippen molar-refractivity contribution in [1.29, 1.82) is 0 Å². The molecule has 27 heavy (non-hydrogen) atoms. The summed E-state index contributed by atoms with van der Waals surface area (Å²) in [4.78, 5) is 26.2. The molecule has 2 rings (SSSR count). The maximum absolute atomic E-state index is 12.6. The van der Waals surface area contributed by atoms with E-state index in [4.69, 9.17) is 4.74 Å². The molecule has 2 aromatic carbocycles. The van der Waals surface area contributed by atoms with Gasteiger partial charge in [-0.25, -0.2) is 0 Å². The highest BCUT2D eigenvalue weighted by Crippen LogP contribution is 2.24. The topological polar surface area (TPSA) is 58.6 Å². The molecule has 0 radical (unpaired) electrons. The summed E-state index contributed by atoms with van der Waals surface area (Å²) in [6, 6.07) is 13.4. The molecule has 0 atom stereocenters. The quantitative estimate of drug-likeness (QED) is 0.760. The van der Waals surface area contributed by atoms with Crippen LogP contribution in [0.4, 0.5) is 11.4 Å². The number of para-hydroxylation sites is 1. The van der Waals surface area contributed by atoms with Gasteiger partial charge < -0.3 is 15.0 Å². The molecule has 0 spiro atoms. The van der Waals surface area contributed by atoms with Crippen molar-refractivity contribution in [3.8, 4) is 5.75 Å². The molecule has 0 saturated heterocycles. The van der Waals surface area contributed by atoms with E-state index in [2.05, 4.69) is 19.2 Å². The molecular weight excluding hydrogens is 340 g/mol. The van der Waals surface area contributed by atoms with Crippen molar-refractivity contribution in [1.82, 2.24) is 0 Å². The molecule has 1 N–H and O–H groups in total. The highest BCUT2D eigenvalue weighted by atomic mass is 16.5. The van der Waals surface area contributed by atoms with Crippen molar-refractivity contribution >= 4 is 23.2 Å². The second kappa shape index (κ2) is 9.76. The molecule has 0 bridgehead atoms. The fourth-order valence-corrected chi connectivity index (χ4v) is 3.07. The number of aryl methyl sites for hydroxylation is 2. The number of rotatable bonds is 8. The van der Waals surface area contributed by atoms with E-state index in [1.807, 2.05) is 36.4 Å². The number of benzene rings is 2. The summed E-state index contributed by atoms with van der Waals surface area (Å²) in [5, 5.41) is 3.05. The summed E-state index contributed by atoms with van der Waals surface area (Å²) in [6.45, 7) is 5.96. The molecule has 0 aliphatic heterocycles. The van der Waals surface area contributed by atoms with Crippen LogP contribution in [0.1, 0.15) is 38.3 Å². The van der Waals surface area contributed by atoms with Gasteiger partial charge in [0.15, 0.2) is 0 Å². The molecule has 0 heterocycles. The van der Waals surface area contributed by atoms with Gasteiger partial charge in [-0.05, 0) is 36.1 Å². The number of carbonyl (C=O) groups is 2. The average Bonchev–Trinajstić information content (AvgIpc) is 2.68. The fourth-order valence-electron chi connectivity index (χ4n) is 3.07. The van der Waals surface area contributed by atoms with Gasteiger partial charge in [-0.1, -0.05) is 38.1 Å². The van der Waals surface area contributed by atoms with Gasteiger partial charge in [0, 0.05) is 37.3 Å². The normalized spacial score (nSPS) is 10.4. The van der Waals surface area contributed by atoms with Gasteiger partial charge in [-0.15, -0.1) is 0 Å². The van der Waals surface area contributed by atoms with Crippen LogP contribution >= 0.6 is 0 Å². The maximum Gasteiger partial charge on any atom is 0.226 e. The Morgan fingerprint density at radius 1 is 1.04 bits per heavy atom. The first kappa shape index (κ1) is 20.5. The lowest BCUT2D eigenvalue weighted by Crippen LogP contribution is -2.32. The number of methoxy groups -OCH3 is 1. The second-order valence-electron chi connectivity index (χ2n) is 6.33. The van der Waals surface area contributed by atoms with Crippen molar-refractivity contribution in [2.75, 3.05) is 23.9 Å². The standard InChI is InChI=1S/C22H28N2O3/c1-5-17-9-7-10-18(6-2)22(17)23-21(26)13-14-24(16(3)25)19-11-8-12-20(15-19)27-4/h7-12,15H,5-6,13-14H2,1-4H3,(H,23,26). The Morgan fingerprint density at radius 3 is 2.22 bits per heavy atom. The lowest BCUT2D eigenvalue weighted by atomic mass is 10.0. The molecule has 2 aromatic rings. The Kier molecular flexibility index (Phi) is 7.41. The summed E-state index contributed by atoms with van der Waals surface area (Å²) in [6.07, 6.45) is 1.93. The fraction of sp³-hybridized carbons (Fsp3) is 0.364. The van der Waals surface area contributed by atoms with Crippen molar-refractivity contribution < 1.29 is 14.3 Å². The largest absolute Gasteiger partial charge is 0.497 e. The van der Waals surface area contributed by atoms with Crippen molar-refractivity contribution in [2.24, 2.45) is 0 Å². The van der Waals surface area contributed by atoms with E-state index in [0.717, 1.165) is 35.3 Å². The van der Waals surface area contributed by atoms with Crippen LogP contribution in [-0.2, 0) is 22.4 Å². The second-order valence-corrected chi connectivity index (χ2v) is 6.33. The predicted molar refractivity (Wildman–Crippen MR) is 109 cm³/mol. The van der Waals surface area contributed by atoms with Gasteiger partial charge in [-0.3, -0.25) is 9.59 Å². The third kappa shape index (κ3) is 5.33. The minimum atomic E-state index is -0.112.